The lowest BCUT2D eigenvalue weighted by atomic mass is 10.1. The van der Waals surface area contributed by atoms with E-state index in [0.717, 1.165) is 17.5 Å². The molecule has 0 saturated heterocycles. The number of rotatable bonds is 10. The summed E-state index contributed by atoms with van der Waals surface area (Å²) in [5.74, 6) is 0.893. The summed E-state index contributed by atoms with van der Waals surface area (Å²) in [5.41, 5.74) is 2.81. The molecule has 0 radical (unpaired) electrons. The normalized spacial score (nSPS) is 10.7. The molecule has 0 heterocycles. The summed E-state index contributed by atoms with van der Waals surface area (Å²) in [7, 11) is 0. The number of amides is 2. The first-order valence-electron chi connectivity index (χ1n) is 10.3. The van der Waals surface area contributed by atoms with Crippen molar-refractivity contribution in [2.45, 2.75) is 34.1 Å². The molecule has 2 amide bonds. The summed E-state index contributed by atoms with van der Waals surface area (Å²) in [5, 5.41) is 5.59. The maximum absolute atomic E-state index is 12.4. The summed E-state index contributed by atoms with van der Waals surface area (Å²) in [4.78, 5) is 24.4. The lowest BCUT2D eigenvalue weighted by molar-refractivity contribution is -0.111. The average Bonchev–Trinajstić information content (AvgIpc) is 2.73. The van der Waals surface area contributed by atoms with Gasteiger partial charge in [0, 0.05) is 23.9 Å². The van der Waals surface area contributed by atoms with E-state index in [4.69, 9.17) is 9.47 Å². The highest BCUT2D eigenvalue weighted by Gasteiger charge is 2.09. The first-order valence-corrected chi connectivity index (χ1v) is 10.3. The number of benzene rings is 2. The summed E-state index contributed by atoms with van der Waals surface area (Å²) in [6.45, 7) is 9.39. The second-order valence-electron chi connectivity index (χ2n) is 6.70. The molecule has 2 aromatic rings. The number of aryl methyl sites for hydroxylation is 1. The second-order valence-corrected chi connectivity index (χ2v) is 6.70. The van der Waals surface area contributed by atoms with Crippen molar-refractivity contribution in [3.05, 3.63) is 59.2 Å². The number of nitrogens with one attached hydrogen (secondary N) is 2. The molecule has 30 heavy (non-hydrogen) atoms. The first-order chi connectivity index (χ1) is 14.5. The minimum atomic E-state index is -0.282. The summed E-state index contributed by atoms with van der Waals surface area (Å²) in [6, 6.07) is 10.8. The van der Waals surface area contributed by atoms with Crippen LogP contribution >= 0.6 is 0 Å². The molecule has 2 rings (SSSR count). The molecule has 6 nitrogen and oxygen atoms in total. The number of hydrogen-bond donors (Lipinski definition) is 2. The highest BCUT2D eigenvalue weighted by molar-refractivity contribution is 6.03. The van der Waals surface area contributed by atoms with Gasteiger partial charge in [0.05, 0.1) is 13.2 Å². The van der Waals surface area contributed by atoms with Crippen LogP contribution in [0.25, 0.3) is 6.08 Å². The second kappa shape index (κ2) is 11.7. The zero-order chi connectivity index (χ0) is 21.9. The van der Waals surface area contributed by atoms with Gasteiger partial charge in [0.2, 0.25) is 5.91 Å². The molecule has 2 N–H and O–H groups in total. The summed E-state index contributed by atoms with van der Waals surface area (Å²) >= 11 is 0. The van der Waals surface area contributed by atoms with Crippen molar-refractivity contribution in [3.63, 3.8) is 0 Å². The largest absolute Gasteiger partial charge is 0.490 e. The van der Waals surface area contributed by atoms with Gasteiger partial charge in [-0.2, -0.15) is 0 Å². The lowest BCUT2D eigenvalue weighted by Gasteiger charge is -2.12. The SMILES string of the molecule is CCCOc1ccc(C=CC(=O)Nc2cc(C(=O)NCC)ccc2C)cc1OCC. The third-order valence-electron chi connectivity index (χ3n) is 4.25. The topological polar surface area (TPSA) is 76.7 Å². The van der Waals surface area contributed by atoms with Crippen molar-refractivity contribution in [2.75, 3.05) is 25.1 Å². The predicted octanol–water partition coefficient (Wildman–Crippen LogP) is 4.58. The number of hydrogen-bond acceptors (Lipinski definition) is 4. The Morgan fingerprint density at radius 3 is 2.50 bits per heavy atom. The van der Waals surface area contributed by atoms with Crippen LogP contribution in [0.2, 0.25) is 0 Å². The number of carbonyl (C=O) groups is 2. The molecule has 0 atom stereocenters. The van der Waals surface area contributed by atoms with Crippen LogP contribution in [0.3, 0.4) is 0 Å². The van der Waals surface area contributed by atoms with Gasteiger partial charge < -0.3 is 20.1 Å². The van der Waals surface area contributed by atoms with Crippen molar-refractivity contribution in [1.29, 1.82) is 0 Å². The zero-order valence-corrected chi connectivity index (χ0v) is 18.1. The van der Waals surface area contributed by atoms with Crippen LogP contribution < -0.4 is 20.1 Å². The minimum absolute atomic E-state index is 0.169. The van der Waals surface area contributed by atoms with Crippen LogP contribution in [0.1, 0.15) is 48.7 Å². The van der Waals surface area contributed by atoms with E-state index >= 15 is 0 Å². The van der Waals surface area contributed by atoms with E-state index in [2.05, 4.69) is 10.6 Å². The molecule has 0 fully saturated rings. The van der Waals surface area contributed by atoms with Gasteiger partial charge in [-0.05, 0) is 68.7 Å². The highest BCUT2D eigenvalue weighted by atomic mass is 16.5. The molecule has 0 spiro atoms. The molecule has 6 heteroatoms. The lowest BCUT2D eigenvalue weighted by Crippen LogP contribution is -2.23. The number of anilines is 1. The quantitative estimate of drug-likeness (QED) is 0.562. The molecule has 0 aromatic heterocycles. The average molecular weight is 411 g/mol. The fourth-order valence-corrected chi connectivity index (χ4v) is 2.73. The fraction of sp³-hybridized carbons (Fsp3) is 0.333. The van der Waals surface area contributed by atoms with Gasteiger partial charge in [-0.15, -0.1) is 0 Å². The minimum Gasteiger partial charge on any atom is -0.490 e. The van der Waals surface area contributed by atoms with Crippen LogP contribution in [-0.2, 0) is 4.79 Å². The summed E-state index contributed by atoms with van der Waals surface area (Å²) < 4.78 is 11.3. The number of carbonyl (C=O) groups excluding carboxylic acids is 2. The van der Waals surface area contributed by atoms with Crippen molar-refractivity contribution in [1.82, 2.24) is 5.32 Å². The third-order valence-corrected chi connectivity index (χ3v) is 4.25. The Labute approximate surface area is 178 Å². The van der Waals surface area contributed by atoms with E-state index in [0.29, 0.717) is 42.5 Å². The van der Waals surface area contributed by atoms with Crippen LogP contribution in [0, 0.1) is 6.92 Å². The first kappa shape index (κ1) is 23.0. The number of ether oxygens (including phenoxy) is 2. The van der Waals surface area contributed by atoms with Crippen molar-refractivity contribution in [2.24, 2.45) is 0 Å². The monoisotopic (exact) mass is 410 g/mol. The van der Waals surface area contributed by atoms with Crippen molar-refractivity contribution >= 4 is 23.6 Å². The molecular weight excluding hydrogens is 380 g/mol. The van der Waals surface area contributed by atoms with Crippen molar-refractivity contribution < 1.29 is 19.1 Å². The maximum Gasteiger partial charge on any atom is 0.251 e. The highest BCUT2D eigenvalue weighted by Crippen LogP contribution is 2.29. The molecule has 0 aliphatic rings. The Kier molecular flexibility index (Phi) is 8.94. The molecular formula is C24H30N2O4. The predicted molar refractivity (Wildman–Crippen MR) is 120 cm³/mol. The Bertz CT molecular complexity index is 906. The van der Waals surface area contributed by atoms with Crippen LogP contribution in [0.4, 0.5) is 5.69 Å². The Hall–Kier alpha value is -3.28. The van der Waals surface area contributed by atoms with Gasteiger partial charge >= 0.3 is 0 Å². The van der Waals surface area contributed by atoms with E-state index in [9.17, 15) is 9.59 Å². The molecule has 0 saturated carbocycles. The smallest absolute Gasteiger partial charge is 0.251 e. The Balaban J connectivity index is 2.11. The fourth-order valence-electron chi connectivity index (χ4n) is 2.73. The van der Waals surface area contributed by atoms with E-state index < -0.39 is 0 Å². The van der Waals surface area contributed by atoms with E-state index in [1.807, 2.05) is 52.0 Å². The van der Waals surface area contributed by atoms with Gasteiger partial charge in [0.15, 0.2) is 11.5 Å². The van der Waals surface area contributed by atoms with Crippen LogP contribution in [0.15, 0.2) is 42.5 Å². The van der Waals surface area contributed by atoms with E-state index in [-0.39, 0.29) is 11.8 Å². The maximum atomic E-state index is 12.4. The molecule has 0 unspecified atom stereocenters. The molecule has 0 bridgehead atoms. The molecule has 0 aliphatic heterocycles. The van der Waals surface area contributed by atoms with Gasteiger partial charge in [-0.1, -0.05) is 19.1 Å². The van der Waals surface area contributed by atoms with Gasteiger partial charge in [-0.25, -0.2) is 0 Å². The zero-order valence-electron chi connectivity index (χ0n) is 18.1. The van der Waals surface area contributed by atoms with E-state index in [1.54, 1.807) is 18.2 Å². The van der Waals surface area contributed by atoms with E-state index in [1.165, 1.54) is 6.08 Å². The van der Waals surface area contributed by atoms with Gasteiger partial charge in [0.25, 0.3) is 5.91 Å². The van der Waals surface area contributed by atoms with Gasteiger partial charge in [-0.3, -0.25) is 9.59 Å². The van der Waals surface area contributed by atoms with Crippen molar-refractivity contribution in [3.8, 4) is 11.5 Å². The molecule has 160 valence electrons. The third kappa shape index (κ3) is 6.65. The standard InChI is InChI=1S/C24H30N2O4/c1-5-14-30-21-12-9-18(15-22(21)29-7-3)10-13-23(27)26-20-16-19(11-8-17(20)4)24(28)25-6-2/h8-13,15-16H,5-7,14H2,1-4H3,(H,25,28)(H,26,27). The molecule has 0 aliphatic carbocycles. The Morgan fingerprint density at radius 2 is 1.80 bits per heavy atom. The Morgan fingerprint density at radius 1 is 1.00 bits per heavy atom. The molecule has 2 aromatic carbocycles. The summed E-state index contributed by atoms with van der Waals surface area (Å²) in [6.07, 6.45) is 4.08. The van der Waals surface area contributed by atoms with Crippen LogP contribution in [-0.4, -0.2) is 31.6 Å². The van der Waals surface area contributed by atoms with Gasteiger partial charge in [0.1, 0.15) is 0 Å². The van der Waals surface area contributed by atoms with Crippen LogP contribution in [0.5, 0.6) is 11.5 Å².